The molecule has 2 saturated heterocycles. The van der Waals surface area contributed by atoms with Crippen LogP contribution in [-0.4, -0.2) is 52.0 Å². The molecule has 2 fully saturated rings. The number of carbonyl (C=O) groups is 1. The Labute approximate surface area is 171 Å². The van der Waals surface area contributed by atoms with Gasteiger partial charge in [0.15, 0.2) is 0 Å². The minimum absolute atomic E-state index is 0.162. The van der Waals surface area contributed by atoms with Crippen LogP contribution < -0.4 is 4.74 Å². The molecule has 3 heterocycles. The maximum absolute atomic E-state index is 14.3. The molecule has 0 bridgehead atoms. The number of benzene rings is 1. The lowest BCUT2D eigenvalue weighted by Crippen LogP contribution is -2.49. The molecule has 2 aliphatic rings. The minimum Gasteiger partial charge on any atom is -0.497 e. The number of likely N-dealkylation sites (tertiary alicyclic amines) is 2. The van der Waals surface area contributed by atoms with Crippen LogP contribution in [0.3, 0.4) is 0 Å². The highest BCUT2D eigenvalue weighted by molar-refractivity contribution is 5.84. The third kappa shape index (κ3) is 3.75. The zero-order valence-electron chi connectivity index (χ0n) is 17.4. The molecule has 4 rings (SSSR count). The minimum atomic E-state index is -0.346. The van der Waals surface area contributed by atoms with Crippen LogP contribution in [0.15, 0.2) is 24.4 Å². The lowest BCUT2D eigenvalue weighted by atomic mass is 9.78. The highest BCUT2D eigenvalue weighted by Gasteiger charge is 2.48. The number of imidazole rings is 1. The summed E-state index contributed by atoms with van der Waals surface area (Å²) in [7, 11) is 3.59. The van der Waals surface area contributed by atoms with Crippen LogP contribution in [0.2, 0.25) is 0 Å². The summed E-state index contributed by atoms with van der Waals surface area (Å²) >= 11 is 0. The van der Waals surface area contributed by atoms with Gasteiger partial charge in [-0.1, -0.05) is 0 Å². The van der Waals surface area contributed by atoms with Gasteiger partial charge in [0.1, 0.15) is 17.4 Å². The number of rotatable bonds is 5. The van der Waals surface area contributed by atoms with Crippen LogP contribution in [0.4, 0.5) is 4.39 Å². The number of ether oxygens (including phenoxy) is 1. The van der Waals surface area contributed by atoms with E-state index in [1.165, 1.54) is 6.07 Å². The third-order valence-corrected chi connectivity index (χ3v) is 6.57. The van der Waals surface area contributed by atoms with E-state index in [4.69, 9.17) is 4.74 Å². The average Bonchev–Trinajstić information content (AvgIpc) is 3.26. The van der Waals surface area contributed by atoms with Gasteiger partial charge in [-0.05, 0) is 50.9 Å². The van der Waals surface area contributed by atoms with Gasteiger partial charge in [-0.15, -0.1) is 0 Å². The number of carbonyl (C=O) groups excluding carboxylic acids is 1. The van der Waals surface area contributed by atoms with Gasteiger partial charge in [-0.2, -0.15) is 0 Å². The highest BCUT2D eigenvalue weighted by Crippen LogP contribution is 2.41. The number of amides is 1. The first kappa shape index (κ1) is 19.9. The summed E-state index contributed by atoms with van der Waals surface area (Å²) < 4.78 is 21.6. The van der Waals surface area contributed by atoms with E-state index in [0.717, 1.165) is 50.4 Å². The predicted molar refractivity (Wildman–Crippen MR) is 108 cm³/mol. The van der Waals surface area contributed by atoms with Crippen LogP contribution in [0.25, 0.3) is 0 Å². The number of methoxy groups -OCH3 is 1. The molecule has 1 unspecified atom stereocenters. The molecule has 7 heteroatoms. The first-order valence-corrected chi connectivity index (χ1v) is 10.2. The Morgan fingerprint density at radius 2 is 2.07 bits per heavy atom. The quantitative estimate of drug-likeness (QED) is 0.775. The van der Waals surface area contributed by atoms with Crippen molar-refractivity contribution in [1.82, 2.24) is 19.4 Å². The first-order valence-electron chi connectivity index (χ1n) is 10.2. The van der Waals surface area contributed by atoms with Crippen molar-refractivity contribution in [2.24, 2.45) is 12.5 Å². The molecular formula is C22H29FN4O2. The molecule has 6 nitrogen and oxygen atoms in total. The van der Waals surface area contributed by atoms with Crippen molar-refractivity contribution in [3.8, 4) is 5.75 Å². The van der Waals surface area contributed by atoms with Gasteiger partial charge in [-0.3, -0.25) is 9.69 Å². The molecule has 0 aliphatic carbocycles. The average molecular weight is 400 g/mol. The fraction of sp³-hybridized carbons (Fsp3) is 0.545. The smallest absolute Gasteiger partial charge is 0.230 e. The van der Waals surface area contributed by atoms with Crippen molar-refractivity contribution < 1.29 is 13.9 Å². The van der Waals surface area contributed by atoms with Crippen LogP contribution >= 0.6 is 0 Å². The van der Waals surface area contributed by atoms with E-state index in [9.17, 15) is 9.18 Å². The Bertz CT molecular complexity index is 912. The zero-order valence-corrected chi connectivity index (χ0v) is 17.4. The fourth-order valence-electron chi connectivity index (χ4n) is 4.70. The molecule has 2 aliphatic heterocycles. The van der Waals surface area contributed by atoms with Crippen LogP contribution in [0.5, 0.6) is 5.75 Å². The number of aryl methyl sites for hydroxylation is 1. The van der Waals surface area contributed by atoms with E-state index in [0.29, 0.717) is 24.4 Å². The summed E-state index contributed by atoms with van der Waals surface area (Å²) in [5.41, 5.74) is 1.33. The van der Waals surface area contributed by atoms with Crippen molar-refractivity contribution in [3.05, 3.63) is 47.3 Å². The van der Waals surface area contributed by atoms with E-state index >= 15 is 0 Å². The molecule has 1 aromatic carbocycles. The number of hydrogen-bond acceptors (Lipinski definition) is 4. The lowest BCUT2D eigenvalue weighted by molar-refractivity contribution is -0.146. The Morgan fingerprint density at radius 1 is 1.24 bits per heavy atom. The molecule has 29 heavy (non-hydrogen) atoms. The molecule has 1 atom stereocenters. The molecule has 1 aromatic heterocycles. The lowest BCUT2D eigenvalue weighted by Gasteiger charge is -2.39. The molecular weight excluding hydrogens is 371 g/mol. The van der Waals surface area contributed by atoms with Gasteiger partial charge in [0.25, 0.3) is 0 Å². The van der Waals surface area contributed by atoms with Gasteiger partial charge in [0.05, 0.1) is 18.2 Å². The number of halogens is 1. The Morgan fingerprint density at radius 3 is 2.79 bits per heavy atom. The number of nitrogens with zero attached hydrogens (tertiary/aromatic N) is 4. The van der Waals surface area contributed by atoms with Crippen molar-refractivity contribution in [1.29, 1.82) is 0 Å². The summed E-state index contributed by atoms with van der Waals surface area (Å²) in [6, 6.07) is 4.70. The topological polar surface area (TPSA) is 50.6 Å². The van der Waals surface area contributed by atoms with Crippen molar-refractivity contribution in [3.63, 3.8) is 0 Å². The van der Waals surface area contributed by atoms with E-state index in [1.54, 1.807) is 19.2 Å². The molecule has 0 saturated carbocycles. The predicted octanol–water partition coefficient (Wildman–Crippen LogP) is 2.89. The highest BCUT2D eigenvalue weighted by atomic mass is 19.1. The first-order chi connectivity index (χ1) is 13.9. The van der Waals surface area contributed by atoms with Crippen LogP contribution in [0.1, 0.15) is 36.3 Å². The van der Waals surface area contributed by atoms with Crippen LogP contribution in [-0.2, 0) is 24.9 Å². The second-order valence-corrected chi connectivity index (χ2v) is 8.38. The van der Waals surface area contributed by atoms with Gasteiger partial charge in [0.2, 0.25) is 5.91 Å². The summed E-state index contributed by atoms with van der Waals surface area (Å²) in [4.78, 5) is 22.0. The maximum atomic E-state index is 14.3. The number of piperidine rings is 1. The van der Waals surface area contributed by atoms with E-state index in [2.05, 4.69) is 14.5 Å². The van der Waals surface area contributed by atoms with E-state index in [1.807, 2.05) is 25.1 Å². The number of aromatic nitrogens is 2. The third-order valence-electron chi connectivity index (χ3n) is 6.57. The Hall–Kier alpha value is -2.41. The van der Waals surface area contributed by atoms with Crippen molar-refractivity contribution in [2.75, 3.05) is 26.7 Å². The standard InChI is InChI=1S/C22H29FN4O2/c1-16-24-12-18(25(16)2)14-26-10-8-22(15-26)7-4-9-27(21(22)28)13-17-11-19(29-3)5-6-20(17)23/h5-6,11-12H,4,7-10,13-15H2,1-3H3. The van der Waals surface area contributed by atoms with Gasteiger partial charge in [-0.25, -0.2) is 9.37 Å². The molecule has 1 spiro atoms. The molecule has 156 valence electrons. The van der Waals surface area contributed by atoms with Gasteiger partial charge in [0, 0.05) is 45.0 Å². The molecule has 1 amide bonds. The SMILES string of the molecule is COc1ccc(F)c(CN2CCCC3(CCN(Cc4cnc(C)n4C)C3)C2=O)c1. The monoisotopic (exact) mass is 400 g/mol. The van der Waals surface area contributed by atoms with E-state index < -0.39 is 0 Å². The van der Waals surface area contributed by atoms with Crippen molar-refractivity contribution in [2.45, 2.75) is 39.3 Å². The molecule has 0 radical (unpaired) electrons. The number of hydrogen-bond donors (Lipinski definition) is 0. The van der Waals surface area contributed by atoms with Crippen LogP contribution in [0, 0.1) is 18.2 Å². The summed E-state index contributed by atoms with van der Waals surface area (Å²) in [6.07, 6.45) is 4.64. The largest absolute Gasteiger partial charge is 0.497 e. The molecule has 2 aromatic rings. The maximum Gasteiger partial charge on any atom is 0.230 e. The zero-order chi connectivity index (χ0) is 20.6. The normalized spacial score (nSPS) is 22.6. The summed E-state index contributed by atoms with van der Waals surface area (Å²) in [6.45, 7) is 5.43. The van der Waals surface area contributed by atoms with Gasteiger partial charge < -0.3 is 14.2 Å². The van der Waals surface area contributed by atoms with Crippen molar-refractivity contribution >= 4 is 5.91 Å². The Kier molecular flexibility index (Phi) is 5.34. The van der Waals surface area contributed by atoms with E-state index in [-0.39, 0.29) is 17.1 Å². The second-order valence-electron chi connectivity index (χ2n) is 8.38. The fourth-order valence-corrected chi connectivity index (χ4v) is 4.70. The summed E-state index contributed by atoms with van der Waals surface area (Å²) in [5, 5.41) is 0. The van der Waals surface area contributed by atoms with Gasteiger partial charge >= 0.3 is 0 Å². The molecule has 0 N–H and O–H groups in total. The second kappa shape index (κ2) is 7.78. The Balaban J connectivity index is 1.47. The summed E-state index contributed by atoms with van der Waals surface area (Å²) in [5.74, 6) is 1.47.